The normalized spacial score (nSPS) is 23.9. The van der Waals surface area contributed by atoms with Gasteiger partial charge in [0.05, 0.1) is 12.1 Å². The summed E-state index contributed by atoms with van der Waals surface area (Å²) in [6, 6.07) is 3.19. The first kappa shape index (κ1) is 25.5. The smallest absolute Gasteiger partial charge is 0.352 e. The second-order valence-corrected chi connectivity index (χ2v) is 9.29. The van der Waals surface area contributed by atoms with E-state index in [9.17, 15) is 27.2 Å². The number of likely N-dealkylation sites (tertiary alicyclic amines) is 1. The molecule has 0 spiro atoms. The van der Waals surface area contributed by atoms with Crippen molar-refractivity contribution in [2.24, 2.45) is 5.92 Å². The lowest BCUT2D eigenvalue weighted by Crippen LogP contribution is -2.48. The van der Waals surface area contributed by atoms with Gasteiger partial charge in [-0.25, -0.2) is 4.39 Å². The quantitative estimate of drug-likeness (QED) is 0.578. The Morgan fingerprint density at radius 1 is 1.06 bits per heavy atom. The fourth-order valence-corrected chi connectivity index (χ4v) is 4.78. The van der Waals surface area contributed by atoms with E-state index in [1.54, 1.807) is 0 Å². The summed E-state index contributed by atoms with van der Waals surface area (Å²) in [6.07, 6.45) is 2.09. The van der Waals surface area contributed by atoms with E-state index in [1.807, 2.05) is 4.90 Å². The lowest BCUT2D eigenvalue weighted by atomic mass is 9.86. The van der Waals surface area contributed by atoms with Gasteiger partial charge >= 0.3 is 6.18 Å². The van der Waals surface area contributed by atoms with E-state index >= 15 is 0 Å². The van der Waals surface area contributed by atoms with Gasteiger partial charge in [-0.05, 0) is 81.5 Å². The number of hydrogen-bond acceptors (Lipinski definition) is 3. The molecule has 1 aliphatic carbocycles. The van der Waals surface area contributed by atoms with Gasteiger partial charge in [-0.15, -0.1) is 0 Å². The molecule has 5 nitrogen and oxygen atoms in total. The predicted octanol–water partition coefficient (Wildman–Crippen LogP) is 4.45. The Hall–Kier alpha value is -2.16. The molecule has 0 aromatic heterocycles. The lowest BCUT2D eigenvalue weighted by molar-refractivity contribution is -0.137. The van der Waals surface area contributed by atoms with Crippen molar-refractivity contribution in [3.63, 3.8) is 0 Å². The molecular formula is C24H33F4N3O2. The average molecular weight is 472 g/mol. The number of piperidine rings is 1. The molecule has 1 aromatic carbocycles. The number of amides is 2. The van der Waals surface area contributed by atoms with Crippen LogP contribution in [0.15, 0.2) is 18.2 Å². The van der Waals surface area contributed by atoms with Gasteiger partial charge in [0, 0.05) is 30.7 Å². The predicted molar refractivity (Wildman–Crippen MR) is 117 cm³/mol. The highest BCUT2D eigenvalue weighted by atomic mass is 19.4. The number of rotatable bonds is 7. The molecule has 1 saturated carbocycles. The Kier molecular flexibility index (Phi) is 8.73. The molecule has 2 N–H and O–H groups in total. The molecule has 1 atom stereocenters. The third-order valence-corrected chi connectivity index (χ3v) is 6.80. The highest BCUT2D eigenvalue weighted by Crippen LogP contribution is 2.31. The zero-order valence-corrected chi connectivity index (χ0v) is 19.0. The maximum Gasteiger partial charge on any atom is 0.416 e. The topological polar surface area (TPSA) is 61.4 Å². The zero-order chi connectivity index (χ0) is 24.0. The van der Waals surface area contributed by atoms with Crippen LogP contribution in [0.3, 0.4) is 0 Å². The van der Waals surface area contributed by atoms with Crippen LogP contribution in [-0.2, 0) is 17.6 Å². The minimum Gasteiger partial charge on any atom is -0.352 e. The standard InChI is InChI=1S/C24H33F4N3O2/c1-16-4-2-3-9-31(16)22(32)15-29-21-7-5-17(6-8-21)14-30-23(33)19-10-18(13-25)11-20(12-19)24(26,27)28/h10-12,16-17,21,29H,2-9,13-15H2,1H3,(H,30,33)/t16?,17-,21-. The molecule has 2 amide bonds. The average Bonchev–Trinajstić information content (AvgIpc) is 2.81. The van der Waals surface area contributed by atoms with Gasteiger partial charge in [0.25, 0.3) is 5.91 Å². The largest absolute Gasteiger partial charge is 0.416 e. The van der Waals surface area contributed by atoms with Crippen LogP contribution in [0.5, 0.6) is 0 Å². The van der Waals surface area contributed by atoms with Gasteiger partial charge in [0.2, 0.25) is 5.91 Å². The van der Waals surface area contributed by atoms with Crippen molar-refractivity contribution < 1.29 is 27.2 Å². The molecule has 0 radical (unpaired) electrons. The van der Waals surface area contributed by atoms with Crippen molar-refractivity contribution in [2.45, 2.75) is 76.8 Å². The van der Waals surface area contributed by atoms with Gasteiger partial charge in [0.1, 0.15) is 6.67 Å². The van der Waals surface area contributed by atoms with Gasteiger partial charge in [-0.1, -0.05) is 0 Å². The summed E-state index contributed by atoms with van der Waals surface area (Å²) in [5, 5.41) is 6.06. The first-order chi connectivity index (χ1) is 15.7. The molecule has 1 heterocycles. The summed E-state index contributed by atoms with van der Waals surface area (Å²) in [4.78, 5) is 26.8. The van der Waals surface area contributed by atoms with Crippen molar-refractivity contribution >= 4 is 11.8 Å². The van der Waals surface area contributed by atoms with Gasteiger partial charge in [0.15, 0.2) is 0 Å². The van der Waals surface area contributed by atoms with E-state index in [0.29, 0.717) is 19.1 Å². The van der Waals surface area contributed by atoms with Gasteiger partial charge in [-0.2, -0.15) is 13.2 Å². The van der Waals surface area contributed by atoms with E-state index in [4.69, 9.17) is 0 Å². The summed E-state index contributed by atoms with van der Waals surface area (Å²) < 4.78 is 52.0. The molecule has 1 aromatic rings. The number of benzene rings is 1. The van der Waals surface area contributed by atoms with Gasteiger partial charge < -0.3 is 15.5 Å². The Balaban J connectivity index is 1.42. The van der Waals surface area contributed by atoms with Crippen LogP contribution in [0.4, 0.5) is 17.6 Å². The van der Waals surface area contributed by atoms with E-state index in [0.717, 1.165) is 63.3 Å². The molecule has 9 heteroatoms. The van der Waals surface area contributed by atoms with E-state index in [1.165, 1.54) is 6.42 Å². The lowest BCUT2D eigenvalue weighted by Gasteiger charge is -2.34. The van der Waals surface area contributed by atoms with Crippen LogP contribution in [0.25, 0.3) is 0 Å². The number of hydrogen-bond donors (Lipinski definition) is 2. The zero-order valence-electron chi connectivity index (χ0n) is 19.0. The van der Waals surface area contributed by atoms with Crippen LogP contribution in [-0.4, -0.2) is 48.4 Å². The number of alkyl halides is 4. The first-order valence-corrected chi connectivity index (χ1v) is 11.8. The third-order valence-electron chi connectivity index (χ3n) is 6.80. The number of halogens is 4. The van der Waals surface area contributed by atoms with Crippen molar-refractivity contribution in [1.29, 1.82) is 0 Å². The minimum absolute atomic E-state index is 0.144. The van der Waals surface area contributed by atoms with Gasteiger partial charge in [-0.3, -0.25) is 9.59 Å². The monoisotopic (exact) mass is 471 g/mol. The Morgan fingerprint density at radius 2 is 1.79 bits per heavy atom. The molecule has 184 valence electrons. The second-order valence-electron chi connectivity index (χ2n) is 9.29. The molecule has 3 rings (SSSR count). The number of carbonyl (C=O) groups excluding carboxylic acids is 2. The van der Waals surface area contributed by atoms with Crippen LogP contribution < -0.4 is 10.6 Å². The maximum atomic E-state index is 13.0. The summed E-state index contributed by atoms with van der Waals surface area (Å²) in [7, 11) is 0. The number of nitrogens with zero attached hydrogens (tertiary/aromatic N) is 1. The summed E-state index contributed by atoms with van der Waals surface area (Å²) in [6.45, 7) is 2.54. The third kappa shape index (κ3) is 7.16. The van der Waals surface area contributed by atoms with Crippen LogP contribution in [0.2, 0.25) is 0 Å². The van der Waals surface area contributed by atoms with Crippen molar-refractivity contribution in [1.82, 2.24) is 15.5 Å². The molecule has 1 unspecified atom stereocenters. The maximum absolute atomic E-state index is 13.0. The molecule has 2 aliphatic rings. The number of carbonyl (C=O) groups is 2. The van der Waals surface area contributed by atoms with E-state index in [2.05, 4.69) is 17.6 Å². The van der Waals surface area contributed by atoms with E-state index < -0.39 is 24.3 Å². The van der Waals surface area contributed by atoms with Crippen LogP contribution >= 0.6 is 0 Å². The Bertz CT molecular complexity index is 822. The fourth-order valence-electron chi connectivity index (χ4n) is 4.78. The fraction of sp³-hybridized carbons (Fsp3) is 0.667. The molecule has 2 fully saturated rings. The summed E-state index contributed by atoms with van der Waals surface area (Å²) >= 11 is 0. The molecule has 1 saturated heterocycles. The minimum atomic E-state index is -4.64. The SMILES string of the molecule is CC1CCCCN1C(=O)CN[C@H]1CC[C@H](CNC(=O)c2cc(CF)cc(C(F)(F)F)c2)CC1. The second kappa shape index (κ2) is 11.3. The molecular weight excluding hydrogens is 438 g/mol. The van der Waals surface area contributed by atoms with Crippen molar-refractivity contribution in [3.05, 3.63) is 34.9 Å². The molecule has 1 aliphatic heterocycles. The summed E-state index contributed by atoms with van der Waals surface area (Å²) in [5.74, 6) is -0.265. The Morgan fingerprint density at radius 3 is 2.42 bits per heavy atom. The van der Waals surface area contributed by atoms with Crippen LogP contribution in [0, 0.1) is 5.92 Å². The first-order valence-electron chi connectivity index (χ1n) is 11.8. The van der Waals surface area contributed by atoms with Crippen LogP contribution in [0.1, 0.15) is 73.4 Å². The molecule has 33 heavy (non-hydrogen) atoms. The number of nitrogens with one attached hydrogen (secondary N) is 2. The summed E-state index contributed by atoms with van der Waals surface area (Å²) in [5.41, 5.74) is -1.38. The highest BCUT2D eigenvalue weighted by Gasteiger charge is 2.32. The highest BCUT2D eigenvalue weighted by molar-refractivity contribution is 5.94. The van der Waals surface area contributed by atoms with E-state index in [-0.39, 0.29) is 29.0 Å². The van der Waals surface area contributed by atoms with Crippen molar-refractivity contribution in [2.75, 3.05) is 19.6 Å². The Labute approximate surface area is 192 Å². The van der Waals surface area contributed by atoms with Crippen molar-refractivity contribution in [3.8, 4) is 0 Å². The molecule has 0 bridgehead atoms.